The van der Waals surface area contributed by atoms with Crippen LogP contribution in [0.25, 0.3) is 0 Å². The first-order valence-corrected chi connectivity index (χ1v) is 12.1. The van der Waals surface area contributed by atoms with Crippen LogP contribution < -0.4 is 26.2 Å². The van der Waals surface area contributed by atoms with Gasteiger partial charge in [0.1, 0.15) is 5.75 Å². The van der Waals surface area contributed by atoms with Gasteiger partial charge in [-0.05, 0) is 48.3 Å². The summed E-state index contributed by atoms with van der Waals surface area (Å²) in [5.74, 6) is -0.244. The molecule has 2 rings (SSSR count). The van der Waals surface area contributed by atoms with Gasteiger partial charge in [0, 0.05) is 23.9 Å². The fourth-order valence-corrected chi connectivity index (χ4v) is 3.22. The van der Waals surface area contributed by atoms with E-state index in [1.165, 1.54) is 0 Å². The first-order valence-electron chi connectivity index (χ1n) is 10.9. The highest BCUT2D eigenvalue weighted by Gasteiger charge is 2.15. The smallest absolute Gasteiger partial charge is 0.261 e. The Balaban J connectivity index is 1.74. The second-order valence-electron chi connectivity index (χ2n) is 7.89. The maximum atomic E-state index is 12.7. The first kappa shape index (κ1) is 27.3. The number of halogens is 1. The van der Waals surface area contributed by atoms with Gasteiger partial charge in [-0.3, -0.25) is 30.6 Å². The molecular weight excluding hydrogens is 520 g/mol. The minimum absolute atomic E-state index is 0.0224. The summed E-state index contributed by atoms with van der Waals surface area (Å²) in [5, 5.41) is 5.18. The van der Waals surface area contributed by atoms with Gasteiger partial charge in [-0.1, -0.05) is 60.1 Å². The predicted octanol–water partition coefficient (Wildman–Crippen LogP) is 3.61. The summed E-state index contributed by atoms with van der Waals surface area (Å²) in [4.78, 5) is 36.6. The molecule has 3 amide bonds. The van der Waals surface area contributed by atoms with Crippen LogP contribution in [0.4, 0.5) is 0 Å². The van der Waals surface area contributed by atoms with Crippen molar-refractivity contribution in [2.24, 2.45) is 5.92 Å². The van der Waals surface area contributed by atoms with E-state index in [1.54, 1.807) is 18.2 Å². The van der Waals surface area contributed by atoms with Crippen molar-refractivity contribution in [3.63, 3.8) is 0 Å². The molecule has 0 saturated heterocycles. The lowest BCUT2D eigenvalue weighted by Crippen LogP contribution is -2.48. The van der Waals surface area contributed by atoms with Gasteiger partial charge in [0.25, 0.3) is 5.91 Å². The van der Waals surface area contributed by atoms with Crippen molar-refractivity contribution >= 4 is 51.0 Å². The molecule has 182 valence electrons. The van der Waals surface area contributed by atoms with Crippen molar-refractivity contribution in [2.45, 2.75) is 39.7 Å². The predicted molar refractivity (Wildman–Crippen MR) is 138 cm³/mol. The molecule has 0 aliphatic heterocycles. The second kappa shape index (κ2) is 14.3. The molecule has 0 atom stereocenters. The Labute approximate surface area is 213 Å². The van der Waals surface area contributed by atoms with Gasteiger partial charge in [-0.25, -0.2) is 0 Å². The van der Waals surface area contributed by atoms with Gasteiger partial charge < -0.3 is 10.1 Å². The standard InChI is InChI=1S/C24H29BrN4O4S/c1-16(2)12-13-33-20-9-8-18(25)14-19(20)23(32)27-24(34)29-28-22(31)11-10-21(30)26-15-17-6-4-3-5-7-17/h3-9,14,16H,10-13,15H2,1-2H3,(H,26,30)(H,28,31)(H2,27,29,32,34). The molecule has 0 unspecified atom stereocenters. The van der Waals surface area contributed by atoms with E-state index in [1.807, 2.05) is 30.3 Å². The van der Waals surface area contributed by atoms with Gasteiger partial charge >= 0.3 is 0 Å². The van der Waals surface area contributed by atoms with Crippen molar-refractivity contribution in [2.75, 3.05) is 6.61 Å². The van der Waals surface area contributed by atoms with E-state index < -0.39 is 11.8 Å². The number of carbonyl (C=O) groups excluding carboxylic acids is 3. The summed E-state index contributed by atoms with van der Waals surface area (Å²) in [5.41, 5.74) is 6.13. The summed E-state index contributed by atoms with van der Waals surface area (Å²) in [6.07, 6.45) is 0.839. The van der Waals surface area contributed by atoms with Gasteiger partial charge in [-0.15, -0.1) is 0 Å². The largest absolute Gasteiger partial charge is 0.493 e. The normalized spacial score (nSPS) is 10.4. The van der Waals surface area contributed by atoms with Crippen LogP contribution in [0.3, 0.4) is 0 Å². The van der Waals surface area contributed by atoms with Crippen LogP contribution in [0.5, 0.6) is 5.75 Å². The zero-order valence-corrected chi connectivity index (χ0v) is 21.6. The van der Waals surface area contributed by atoms with Crippen molar-refractivity contribution in [3.8, 4) is 5.75 Å². The quantitative estimate of drug-likeness (QED) is 0.267. The van der Waals surface area contributed by atoms with Gasteiger partial charge in [0.05, 0.1) is 12.2 Å². The van der Waals surface area contributed by atoms with Crippen molar-refractivity contribution < 1.29 is 19.1 Å². The topological polar surface area (TPSA) is 109 Å². The molecule has 0 aliphatic carbocycles. The molecule has 0 saturated carbocycles. The first-order chi connectivity index (χ1) is 16.2. The average Bonchev–Trinajstić information content (AvgIpc) is 2.81. The maximum absolute atomic E-state index is 12.7. The van der Waals surface area contributed by atoms with Crippen molar-refractivity contribution in [3.05, 3.63) is 64.1 Å². The number of amides is 3. The molecule has 0 aliphatic rings. The highest BCUT2D eigenvalue weighted by Crippen LogP contribution is 2.23. The summed E-state index contributed by atoms with van der Waals surface area (Å²) in [6, 6.07) is 14.6. The van der Waals surface area contributed by atoms with Crippen LogP contribution in [0, 0.1) is 5.92 Å². The molecule has 8 nitrogen and oxygen atoms in total. The number of benzene rings is 2. The van der Waals surface area contributed by atoms with E-state index >= 15 is 0 Å². The fraction of sp³-hybridized carbons (Fsp3) is 0.333. The zero-order valence-electron chi connectivity index (χ0n) is 19.2. The Morgan fingerprint density at radius 2 is 1.71 bits per heavy atom. The molecule has 0 radical (unpaired) electrons. The van der Waals surface area contributed by atoms with Gasteiger partial charge in [0.15, 0.2) is 5.11 Å². The molecule has 2 aromatic carbocycles. The summed E-state index contributed by atoms with van der Waals surface area (Å²) in [6.45, 7) is 5.06. The lowest BCUT2D eigenvalue weighted by Gasteiger charge is -2.14. The Kier molecular flexibility index (Phi) is 11.5. The van der Waals surface area contributed by atoms with Crippen molar-refractivity contribution in [1.82, 2.24) is 21.5 Å². The number of thiocarbonyl (C=S) groups is 1. The number of hydrogen-bond donors (Lipinski definition) is 4. The van der Waals surface area contributed by atoms with E-state index in [2.05, 4.69) is 51.3 Å². The molecule has 2 aromatic rings. The highest BCUT2D eigenvalue weighted by atomic mass is 79.9. The van der Waals surface area contributed by atoms with Crippen LogP contribution in [0.15, 0.2) is 53.0 Å². The second-order valence-corrected chi connectivity index (χ2v) is 9.21. The van der Waals surface area contributed by atoms with Gasteiger partial charge in [-0.2, -0.15) is 0 Å². The fourth-order valence-electron chi connectivity index (χ4n) is 2.71. The molecule has 34 heavy (non-hydrogen) atoms. The molecule has 0 fully saturated rings. The number of hydrogen-bond acceptors (Lipinski definition) is 5. The molecule has 0 heterocycles. The summed E-state index contributed by atoms with van der Waals surface area (Å²) in [7, 11) is 0. The summed E-state index contributed by atoms with van der Waals surface area (Å²) >= 11 is 8.44. The minimum Gasteiger partial charge on any atom is -0.493 e. The Morgan fingerprint density at radius 1 is 1.00 bits per heavy atom. The summed E-state index contributed by atoms with van der Waals surface area (Å²) < 4.78 is 6.47. The van der Waals surface area contributed by atoms with E-state index in [4.69, 9.17) is 17.0 Å². The SMILES string of the molecule is CC(C)CCOc1ccc(Br)cc1C(=O)NC(=S)NNC(=O)CCC(=O)NCc1ccccc1. The number of nitrogens with one attached hydrogen (secondary N) is 4. The third-order valence-corrected chi connectivity index (χ3v) is 5.29. The van der Waals surface area contributed by atoms with E-state index in [0.29, 0.717) is 34.9 Å². The Hall–Kier alpha value is -2.98. The highest BCUT2D eigenvalue weighted by molar-refractivity contribution is 9.10. The van der Waals surface area contributed by atoms with Crippen molar-refractivity contribution in [1.29, 1.82) is 0 Å². The minimum atomic E-state index is -0.479. The lowest BCUT2D eigenvalue weighted by atomic mass is 10.1. The van der Waals surface area contributed by atoms with Crippen LogP contribution in [0.2, 0.25) is 0 Å². The number of hydrazine groups is 1. The third kappa shape index (κ3) is 10.3. The van der Waals surface area contributed by atoms with Crippen LogP contribution >= 0.6 is 28.1 Å². The molecule has 4 N–H and O–H groups in total. The maximum Gasteiger partial charge on any atom is 0.261 e. The van der Waals surface area contributed by atoms with E-state index in [0.717, 1.165) is 12.0 Å². The number of carbonyl (C=O) groups is 3. The number of ether oxygens (including phenoxy) is 1. The Morgan fingerprint density at radius 3 is 2.41 bits per heavy atom. The van der Waals surface area contributed by atoms with E-state index in [-0.39, 0.29) is 23.9 Å². The van der Waals surface area contributed by atoms with Crippen LogP contribution in [-0.2, 0) is 16.1 Å². The molecule has 0 bridgehead atoms. The zero-order chi connectivity index (χ0) is 24.9. The molecule has 10 heteroatoms. The monoisotopic (exact) mass is 548 g/mol. The van der Waals surface area contributed by atoms with Crippen LogP contribution in [0.1, 0.15) is 49.0 Å². The molecule has 0 aromatic heterocycles. The lowest BCUT2D eigenvalue weighted by molar-refractivity contribution is -0.126. The number of rotatable bonds is 10. The third-order valence-electron chi connectivity index (χ3n) is 4.59. The van der Waals surface area contributed by atoms with E-state index in [9.17, 15) is 14.4 Å². The average molecular weight is 549 g/mol. The molecular formula is C24H29BrN4O4S. The Bertz CT molecular complexity index is 1000. The van der Waals surface area contributed by atoms with Gasteiger partial charge in [0.2, 0.25) is 11.8 Å². The molecule has 0 spiro atoms. The van der Waals surface area contributed by atoms with Crippen LogP contribution in [-0.4, -0.2) is 29.4 Å².